The molecular formula is C33H43BrN2O2. The summed E-state index contributed by atoms with van der Waals surface area (Å²) in [6, 6.07) is 29.3. The molecule has 0 radical (unpaired) electrons. The van der Waals surface area contributed by atoms with E-state index in [1.807, 2.05) is 12.1 Å². The number of rotatable bonds is 11. The summed E-state index contributed by atoms with van der Waals surface area (Å²) in [5.41, 5.74) is 2.23. The number of nitrogens with zero attached hydrogens (tertiary/aromatic N) is 2. The van der Waals surface area contributed by atoms with Crippen molar-refractivity contribution in [2.24, 2.45) is 5.41 Å². The van der Waals surface area contributed by atoms with Gasteiger partial charge in [-0.2, -0.15) is 0 Å². The predicted molar refractivity (Wildman–Crippen MR) is 152 cm³/mol. The fraction of sp³-hybridized carbons (Fsp3) is 0.455. The summed E-state index contributed by atoms with van der Waals surface area (Å²) in [4.78, 5) is 2.35. The maximum absolute atomic E-state index is 12.5. The Bertz CT molecular complexity index is 1090. The van der Waals surface area contributed by atoms with Gasteiger partial charge in [-0.05, 0) is 37.1 Å². The van der Waals surface area contributed by atoms with Gasteiger partial charge in [-0.1, -0.05) is 66.7 Å². The predicted octanol–water partition coefficient (Wildman–Crippen LogP) is 3.24. The third-order valence-electron chi connectivity index (χ3n) is 9.34. The fourth-order valence-corrected chi connectivity index (χ4v) is 7.03. The van der Waals surface area contributed by atoms with Gasteiger partial charge in [0.05, 0.1) is 32.8 Å². The van der Waals surface area contributed by atoms with Crippen molar-refractivity contribution in [1.29, 1.82) is 0 Å². The van der Waals surface area contributed by atoms with Crippen LogP contribution in [0.2, 0.25) is 0 Å². The number of aliphatic hydroxyl groups is 1. The van der Waals surface area contributed by atoms with Gasteiger partial charge < -0.3 is 36.2 Å². The van der Waals surface area contributed by atoms with E-state index in [0.29, 0.717) is 0 Å². The fourth-order valence-electron chi connectivity index (χ4n) is 7.03. The van der Waals surface area contributed by atoms with Gasteiger partial charge in [0.25, 0.3) is 0 Å². The zero-order chi connectivity index (χ0) is 25.8. The minimum absolute atomic E-state index is 0. The van der Waals surface area contributed by atoms with Crippen LogP contribution in [0.1, 0.15) is 50.7 Å². The lowest BCUT2D eigenvalue weighted by Gasteiger charge is -2.60. The Labute approximate surface area is 239 Å². The van der Waals surface area contributed by atoms with Gasteiger partial charge in [0.2, 0.25) is 0 Å². The third kappa shape index (κ3) is 5.38. The highest BCUT2D eigenvalue weighted by atomic mass is 79.9. The molecule has 38 heavy (non-hydrogen) atoms. The van der Waals surface area contributed by atoms with Crippen LogP contribution in [0.25, 0.3) is 0 Å². The normalized spacial score (nSPS) is 22.5. The Kier molecular flexibility index (Phi) is 9.23. The molecule has 3 saturated heterocycles. The second kappa shape index (κ2) is 12.2. The van der Waals surface area contributed by atoms with Crippen LogP contribution in [0.4, 0.5) is 5.69 Å². The van der Waals surface area contributed by atoms with Crippen molar-refractivity contribution in [2.75, 3.05) is 50.8 Å². The first-order valence-corrected chi connectivity index (χ1v) is 14.2. The number of benzene rings is 3. The number of quaternary nitrogens is 1. The number of piperidine rings is 3. The molecule has 3 heterocycles. The molecule has 3 aromatic rings. The van der Waals surface area contributed by atoms with Crippen molar-refractivity contribution in [3.63, 3.8) is 0 Å². The van der Waals surface area contributed by atoms with Gasteiger partial charge >= 0.3 is 0 Å². The van der Waals surface area contributed by atoms with Crippen molar-refractivity contribution in [3.05, 3.63) is 96.1 Å². The van der Waals surface area contributed by atoms with Crippen LogP contribution < -0.4 is 26.6 Å². The first-order chi connectivity index (χ1) is 18.0. The lowest BCUT2D eigenvalue weighted by Crippen LogP contribution is -3.00. The summed E-state index contributed by atoms with van der Waals surface area (Å²) in [5, 5.41) is 12.5. The molecule has 4 nitrogen and oxygen atoms in total. The summed E-state index contributed by atoms with van der Waals surface area (Å²) < 4.78 is 7.36. The Hall–Kier alpha value is -2.34. The molecule has 3 fully saturated rings. The minimum Gasteiger partial charge on any atom is -1.00 e. The Morgan fingerprint density at radius 2 is 1.37 bits per heavy atom. The van der Waals surface area contributed by atoms with E-state index in [4.69, 9.17) is 4.74 Å². The number of hydrogen-bond donors (Lipinski definition) is 1. The molecule has 3 aliphatic heterocycles. The molecule has 0 saturated carbocycles. The summed E-state index contributed by atoms with van der Waals surface area (Å²) >= 11 is 0. The van der Waals surface area contributed by atoms with Gasteiger partial charge in [0.15, 0.2) is 0 Å². The van der Waals surface area contributed by atoms with Crippen LogP contribution in [0.3, 0.4) is 0 Å². The van der Waals surface area contributed by atoms with Crippen molar-refractivity contribution in [3.8, 4) is 5.75 Å². The number of halogens is 1. The Morgan fingerprint density at radius 3 is 1.89 bits per heavy atom. The van der Waals surface area contributed by atoms with Crippen LogP contribution in [-0.4, -0.2) is 55.5 Å². The second-order valence-electron chi connectivity index (χ2n) is 11.1. The smallest absolute Gasteiger partial charge is 0.121 e. The zero-order valence-corrected chi connectivity index (χ0v) is 24.6. The highest BCUT2D eigenvalue weighted by Crippen LogP contribution is 2.57. The molecule has 3 aromatic carbocycles. The first-order valence-electron chi connectivity index (χ1n) is 14.2. The molecule has 2 bridgehead atoms. The summed E-state index contributed by atoms with van der Waals surface area (Å²) in [7, 11) is 0. The van der Waals surface area contributed by atoms with Crippen LogP contribution >= 0.6 is 0 Å². The molecule has 0 spiro atoms. The van der Waals surface area contributed by atoms with E-state index in [1.54, 1.807) is 0 Å². The number of anilines is 1. The highest BCUT2D eigenvalue weighted by molar-refractivity contribution is 5.50. The molecule has 1 N–H and O–H groups in total. The molecule has 0 aromatic heterocycles. The van der Waals surface area contributed by atoms with E-state index in [2.05, 4.69) is 91.5 Å². The maximum atomic E-state index is 12.5. The van der Waals surface area contributed by atoms with Crippen molar-refractivity contribution >= 4 is 5.69 Å². The van der Waals surface area contributed by atoms with Gasteiger partial charge in [-0.15, -0.1) is 0 Å². The van der Waals surface area contributed by atoms with Crippen LogP contribution in [0.5, 0.6) is 5.75 Å². The minimum atomic E-state index is -0.953. The maximum Gasteiger partial charge on any atom is 0.121 e. The SMILES string of the molecule is CCN(CC)c1cccc(OCCC[N+]23CCC(C(O)(c4ccccc4)c4ccccc4)(CC2)CC3)c1.[Br-]. The molecule has 5 heteroatoms. The van der Waals surface area contributed by atoms with Crippen molar-refractivity contribution < 1.29 is 31.3 Å². The van der Waals surface area contributed by atoms with Crippen molar-refractivity contribution in [2.45, 2.75) is 45.1 Å². The summed E-state index contributed by atoms with van der Waals surface area (Å²) in [6.07, 6.45) is 4.23. The number of hydrogen-bond acceptors (Lipinski definition) is 3. The van der Waals surface area contributed by atoms with Gasteiger partial charge in [0, 0.05) is 55.9 Å². The highest BCUT2D eigenvalue weighted by Gasteiger charge is 2.60. The lowest BCUT2D eigenvalue weighted by molar-refractivity contribution is -0.946. The van der Waals surface area contributed by atoms with E-state index in [0.717, 1.165) is 88.4 Å². The molecule has 6 rings (SSSR count). The van der Waals surface area contributed by atoms with Gasteiger partial charge in [-0.3, -0.25) is 0 Å². The van der Waals surface area contributed by atoms with E-state index in [-0.39, 0.29) is 22.4 Å². The average molecular weight is 580 g/mol. The number of ether oxygens (including phenoxy) is 1. The largest absolute Gasteiger partial charge is 1.00 e. The standard InChI is InChI=1S/C33H43N2O2.BrH/c1-3-34(4-2)30-17-11-18-31(27-30)37-26-12-22-35-23-19-32(20-24-35,21-25-35)33(36,28-13-7-5-8-14-28)29-15-9-6-10-16-29;/h5-11,13-18,27,36H,3-4,12,19-26H2,1-2H3;1H/q+1;/p-1. The monoisotopic (exact) mass is 578 g/mol. The van der Waals surface area contributed by atoms with Crippen molar-refractivity contribution in [1.82, 2.24) is 0 Å². The lowest BCUT2D eigenvalue weighted by atomic mass is 9.56. The Morgan fingerprint density at radius 1 is 0.816 bits per heavy atom. The van der Waals surface area contributed by atoms with Gasteiger partial charge in [-0.25, -0.2) is 0 Å². The molecular weight excluding hydrogens is 536 g/mol. The number of fused-ring (bicyclic) bond motifs is 3. The molecule has 204 valence electrons. The zero-order valence-electron chi connectivity index (χ0n) is 23.0. The average Bonchev–Trinajstić information content (AvgIpc) is 2.98. The van der Waals surface area contributed by atoms with E-state index in [1.165, 1.54) is 10.2 Å². The third-order valence-corrected chi connectivity index (χ3v) is 9.34. The second-order valence-corrected chi connectivity index (χ2v) is 11.1. The van der Waals surface area contributed by atoms with Crippen LogP contribution in [0, 0.1) is 5.41 Å². The Balaban J connectivity index is 0.00000336. The van der Waals surface area contributed by atoms with E-state index < -0.39 is 5.60 Å². The molecule has 0 amide bonds. The van der Waals surface area contributed by atoms with Gasteiger partial charge in [0.1, 0.15) is 11.4 Å². The first kappa shape index (κ1) is 28.7. The van der Waals surface area contributed by atoms with E-state index in [9.17, 15) is 5.11 Å². The quantitative estimate of drug-likeness (QED) is 0.280. The molecule has 0 atom stereocenters. The topological polar surface area (TPSA) is 32.7 Å². The summed E-state index contributed by atoms with van der Waals surface area (Å²) in [6.45, 7) is 11.7. The molecule has 3 aliphatic rings. The summed E-state index contributed by atoms with van der Waals surface area (Å²) in [5.74, 6) is 0.969. The van der Waals surface area contributed by atoms with E-state index >= 15 is 0 Å². The molecule has 0 aliphatic carbocycles. The van der Waals surface area contributed by atoms with Crippen LogP contribution in [-0.2, 0) is 5.60 Å². The van der Waals surface area contributed by atoms with Crippen LogP contribution in [0.15, 0.2) is 84.9 Å². The molecule has 0 unspecified atom stereocenters.